The number of ether oxygens (including phenoxy) is 1. The molecule has 0 aliphatic heterocycles. The van der Waals surface area contributed by atoms with Crippen LogP contribution >= 0.6 is 11.3 Å². The van der Waals surface area contributed by atoms with Crippen LogP contribution in [0.2, 0.25) is 0 Å². The van der Waals surface area contributed by atoms with Crippen LogP contribution in [0.3, 0.4) is 0 Å². The average molecular weight is 249 g/mol. The molecule has 5 heteroatoms. The summed E-state index contributed by atoms with van der Waals surface area (Å²) in [4.78, 5) is 8.56. The summed E-state index contributed by atoms with van der Waals surface area (Å²) < 4.78 is 5.34. The van der Waals surface area contributed by atoms with Crippen LogP contribution in [0.4, 0.5) is 5.82 Å². The van der Waals surface area contributed by atoms with Crippen molar-refractivity contribution in [3.63, 3.8) is 0 Å². The highest BCUT2D eigenvalue weighted by Gasteiger charge is 1.98. The van der Waals surface area contributed by atoms with E-state index in [0.717, 1.165) is 24.5 Å². The van der Waals surface area contributed by atoms with E-state index >= 15 is 0 Å². The van der Waals surface area contributed by atoms with E-state index in [2.05, 4.69) is 20.7 Å². The maximum absolute atomic E-state index is 5.34. The van der Waals surface area contributed by atoms with Crippen LogP contribution in [0.25, 0.3) is 0 Å². The first kappa shape index (κ1) is 11.9. The minimum Gasteiger partial charge on any atom is -0.478 e. The fourth-order valence-electron chi connectivity index (χ4n) is 1.42. The zero-order chi connectivity index (χ0) is 11.9. The fraction of sp³-hybridized carbons (Fsp3) is 0.333. The molecule has 0 aromatic carbocycles. The molecule has 0 aliphatic rings. The molecule has 0 bridgehead atoms. The third-order valence-electron chi connectivity index (χ3n) is 2.19. The van der Waals surface area contributed by atoms with E-state index in [1.54, 1.807) is 11.3 Å². The van der Waals surface area contributed by atoms with Gasteiger partial charge in [0.2, 0.25) is 5.88 Å². The molecule has 4 nitrogen and oxygen atoms in total. The number of pyridine rings is 1. The quantitative estimate of drug-likeness (QED) is 0.854. The second-order valence-corrected chi connectivity index (χ2v) is 4.17. The van der Waals surface area contributed by atoms with Crippen molar-refractivity contribution in [2.75, 3.05) is 18.5 Å². The van der Waals surface area contributed by atoms with E-state index in [4.69, 9.17) is 4.74 Å². The standard InChI is InChI=1S/C12H15N3OS/c1-2-16-12-5-3-4-11(15-12)13-7-6-10-8-17-9-14-10/h3-5,8-9H,2,6-7H2,1H3,(H,13,15). The number of nitrogens with zero attached hydrogens (tertiary/aromatic N) is 2. The van der Waals surface area contributed by atoms with E-state index in [1.807, 2.05) is 30.6 Å². The molecule has 90 valence electrons. The van der Waals surface area contributed by atoms with Crippen molar-refractivity contribution in [2.45, 2.75) is 13.3 Å². The molecule has 0 unspecified atom stereocenters. The summed E-state index contributed by atoms with van der Waals surface area (Å²) in [5.41, 5.74) is 2.96. The summed E-state index contributed by atoms with van der Waals surface area (Å²) in [6.45, 7) is 3.41. The fourth-order valence-corrected chi connectivity index (χ4v) is 2.01. The van der Waals surface area contributed by atoms with Crippen LogP contribution in [-0.2, 0) is 6.42 Å². The number of aromatic nitrogens is 2. The predicted octanol–water partition coefficient (Wildman–Crippen LogP) is 2.59. The molecule has 0 saturated heterocycles. The van der Waals surface area contributed by atoms with Crippen LogP contribution in [-0.4, -0.2) is 23.1 Å². The lowest BCUT2D eigenvalue weighted by atomic mass is 10.3. The Morgan fingerprint density at radius 1 is 1.41 bits per heavy atom. The van der Waals surface area contributed by atoms with Gasteiger partial charge in [0.25, 0.3) is 0 Å². The van der Waals surface area contributed by atoms with Crippen LogP contribution in [0, 0.1) is 0 Å². The Hall–Kier alpha value is -1.62. The first-order chi connectivity index (χ1) is 8.38. The highest BCUT2D eigenvalue weighted by atomic mass is 32.1. The highest BCUT2D eigenvalue weighted by molar-refractivity contribution is 7.07. The molecule has 1 N–H and O–H groups in total. The summed E-state index contributed by atoms with van der Waals surface area (Å²) in [5, 5.41) is 5.32. The van der Waals surface area contributed by atoms with Gasteiger partial charge >= 0.3 is 0 Å². The van der Waals surface area contributed by atoms with Crippen LogP contribution in [0.15, 0.2) is 29.1 Å². The molecule has 2 aromatic rings. The summed E-state index contributed by atoms with van der Waals surface area (Å²) in [6, 6.07) is 5.72. The molecule has 0 atom stereocenters. The summed E-state index contributed by atoms with van der Waals surface area (Å²) in [7, 11) is 0. The minimum absolute atomic E-state index is 0.634. The highest BCUT2D eigenvalue weighted by Crippen LogP contribution is 2.11. The first-order valence-corrected chi connectivity index (χ1v) is 6.53. The van der Waals surface area contributed by atoms with E-state index in [9.17, 15) is 0 Å². The Morgan fingerprint density at radius 2 is 2.35 bits per heavy atom. The Labute approximate surface area is 105 Å². The normalized spacial score (nSPS) is 10.2. The number of hydrogen-bond acceptors (Lipinski definition) is 5. The molecule has 2 heterocycles. The van der Waals surface area contributed by atoms with Gasteiger partial charge in [-0.05, 0) is 13.0 Å². The Kier molecular flexibility index (Phi) is 4.32. The van der Waals surface area contributed by atoms with Crippen molar-refractivity contribution in [1.82, 2.24) is 9.97 Å². The van der Waals surface area contributed by atoms with Gasteiger partial charge in [-0.3, -0.25) is 0 Å². The zero-order valence-electron chi connectivity index (χ0n) is 9.72. The molecule has 17 heavy (non-hydrogen) atoms. The number of hydrogen-bond donors (Lipinski definition) is 1. The van der Waals surface area contributed by atoms with Crippen LogP contribution in [0.5, 0.6) is 5.88 Å². The third kappa shape index (κ3) is 3.71. The zero-order valence-corrected chi connectivity index (χ0v) is 10.5. The molecule has 0 amide bonds. The first-order valence-electron chi connectivity index (χ1n) is 5.59. The van der Waals surface area contributed by atoms with Crippen molar-refractivity contribution in [2.24, 2.45) is 0 Å². The van der Waals surface area contributed by atoms with Gasteiger partial charge in [0.05, 0.1) is 17.8 Å². The van der Waals surface area contributed by atoms with Gasteiger partial charge in [-0.1, -0.05) is 6.07 Å². The average Bonchev–Trinajstić information content (AvgIpc) is 2.83. The van der Waals surface area contributed by atoms with Gasteiger partial charge < -0.3 is 10.1 Å². The molecule has 0 spiro atoms. The second-order valence-electron chi connectivity index (χ2n) is 3.45. The Balaban J connectivity index is 1.84. The second kappa shape index (κ2) is 6.20. The topological polar surface area (TPSA) is 47.0 Å². The van der Waals surface area contributed by atoms with Crippen molar-refractivity contribution in [3.8, 4) is 5.88 Å². The van der Waals surface area contributed by atoms with Gasteiger partial charge in [0.1, 0.15) is 5.82 Å². The lowest BCUT2D eigenvalue weighted by Gasteiger charge is -2.06. The Morgan fingerprint density at radius 3 is 3.12 bits per heavy atom. The van der Waals surface area contributed by atoms with E-state index in [0.29, 0.717) is 12.5 Å². The van der Waals surface area contributed by atoms with Crippen molar-refractivity contribution in [3.05, 3.63) is 34.8 Å². The minimum atomic E-state index is 0.634. The molecule has 0 radical (unpaired) electrons. The lowest BCUT2D eigenvalue weighted by Crippen LogP contribution is -2.07. The molecule has 2 rings (SSSR count). The summed E-state index contributed by atoms with van der Waals surface area (Å²) in [5.74, 6) is 1.50. The third-order valence-corrected chi connectivity index (χ3v) is 2.82. The number of anilines is 1. The number of thiazole rings is 1. The maximum Gasteiger partial charge on any atom is 0.215 e. The van der Waals surface area contributed by atoms with E-state index in [1.165, 1.54) is 0 Å². The number of nitrogens with one attached hydrogen (secondary N) is 1. The van der Waals surface area contributed by atoms with Crippen molar-refractivity contribution >= 4 is 17.2 Å². The monoisotopic (exact) mass is 249 g/mol. The van der Waals surface area contributed by atoms with Gasteiger partial charge in [0.15, 0.2) is 0 Å². The van der Waals surface area contributed by atoms with E-state index < -0.39 is 0 Å². The Bertz CT molecular complexity index is 445. The molecular formula is C12H15N3OS. The van der Waals surface area contributed by atoms with Crippen molar-refractivity contribution in [1.29, 1.82) is 0 Å². The number of rotatable bonds is 6. The van der Waals surface area contributed by atoms with Gasteiger partial charge in [0, 0.05) is 24.4 Å². The van der Waals surface area contributed by atoms with Gasteiger partial charge in [-0.2, -0.15) is 4.98 Å². The van der Waals surface area contributed by atoms with Crippen molar-refractivity contribution < 1.29 is 4.74 Å². The molecule has 0 aliphatic carbocycles. The molecular weight excluding hydrogens is 234 g/mol. The lowest BCUT2D eigenvalue weighted by molar-refractivity contribution is 0.327. The molecule has 2 aromatic heterocycles. The van der Waals surface area contributed by atoms with Crippen LogP contribution < -0.4 is 10.1 Å². The summed E-state index contributed by atoms with van der Waals surface area (Å²) >= 11 is 1.62. The van der Waals surface area contributed by atoms with E-state index in [-0.39, 0.29) is 0 Å². The molecule has 0 fully saturated rings. The maximum atomic E-state index is 5.34. The van der Waals surface area contributed by atoms with Gasteiger partial charge in [-0.25, -0.2) is 4.98 Å². The van der Waals surface area contributed by atoms with Crippen LogP contribution in [0.1, 0.15) is 12.6 Å². The SMILES string of the molecule is CCOc1cccc(NCCc2cscn2)n1. The summed E-state index contributed by atoms with van der Waals surface area (Å²) in [6.07, 6.45) is 0.907. The predicted molar refractivity (Wildman–Crippen MR) is 69.7 cm³/mol. The largest absolute Gasteiger partial charge is 0.478 e. The smallest absolute Gasteiger partial charge is 0.215 e. The van der Waals surface area contributed by atoms with Gasteiger partial charge in [-0.15, -0.1) is 11.3 Å². The molecule has 0 saturated carbocycles.